The highest BCUT2D eigenvalue weighted by Crippen LogP contribution is 2.23. The molecule has 9 heteroatoms. The van der Waals surface area contributed by atoms with Crippen molar-refractivity contribution in [1.82, 2.24) is 9.97 Å². The Labute approximate surface area is 154 Å². The number of carbonyl (C=O) groups is 2. The number of hydrogen-bond donors (Lipinski definition) is 3. The fourth-order valence-electron chi connectivity index (χ4n) is 2.09. The number of ether oxygens (including phenoxy) is 1. The number of anilines is 2. The first-order valence-electron chi connectivity index (χ1n) is 8.04. The molecule has 0 saturated heterocycles. The fraction of sp³-hybridized carbons (Fsp3) is 0.294. The number of thioether (sulfide) groups is 1. The maximum Gasteiger partial charge on any atom is 0.338 e. The number of hydrogen-bond acceptors (Lipinski definition) is 7. The van der Waals surface area contributed by atoms with E-state index in [1.54, 1.807) is 31.2 Å². The minimum Gasteiger partial charge on any atom is -0.462 e. The summed E-state index contributed by atoms with van der Waals surface area (Å²) in [5.74, 6) is -0.559. The normalized spacial score (nSPS) is 11.6. The van der Waals surface area contributed by atoms with Crippen molar-refractivity contribution in [1.29, 1.82) is 0 Å². The number of nitrogen functional groups attached to an aromatic ring is 1. The van der Waals surface area contributed by atoms with Crippen molar-refractivity contribution >= 4 is 35.1 Å². The van der Waals surface area contributed by atoms with Crippen molar-refractivity contribution in [2.45, 2.75) is 30.7 Å². The predicted molar refractivity (Wildman–Crippen MR) is 100 cm³/mol. The first kappa shape index (κ1) is 19.5. The Bertz CT molecular complexity index is 835. The number of nitrogens with one attached hydrogen (secondary N) is 2. The summed E-state index contributed by atoms with van der Waals surface area (Å²) in [5.41, 5.74) is 6.14. The third-order valence-corrected chi connectivity index (χ3v) is 4.57. The summed E-state index contributed by atoms with van der Waals surface area (Å²) in [5, 5.41) is 2.60. The second-order valence-electron chi connectivity index (χ2n) is 5.28. The van der Waals surface area contributed by atoms with Gasteiger partial charge in [-0.15, -0.1) is 0 Å². The van der Waals surface area contributed by atoms with Crippen LogP contribution < -0.4 is 16.6 Å². The number of nitrogens with zero attached hydrogens (tertiary/aromatic N) is 1. The van der Waals surface area contributed by atoms with Gasteiger partial charge >= 0.3 is 5.97 Å². The van der Waals surface area contributed by atoms with Crippen molar-refractivity contribution in [3.8, 4) is 0 Å². The van der Waals surface area contributed by atoms with Crippen molar-refractivity contribution in [3.05, 3.63) is 46.2 Å². The lowest BCUT2D eigenvalue weighted by Crippen LogP contribution is -2.25. The predicted octanol–water partition coefficient (Wildman–Crippen LogP) is 2.04. The molecule has 0 radical (unpaired) electrons. The van der Waals surface area contributed by atoms with Crippen LogP contribution in [0.25, 0.3) is 0 Å². The van der Waals surface area contributed by atoms with E-state index < -0.39 is 11.2 Å². The maximum absolute atomic E-state index is 12.5. The van der Waals surface area contributed by atoms with Gasteiger partial charge in [-0.2, -0.15) is 0 Å². The van der Waals surface area contributed by atoms with E-state index in [0.29, 0.717) is 24.3 Å². The highest BCUT2D eigenvalue weighted by Gasteiger charge is 2.20. The Morgan fingerprint density at radius 2 is 2.00 bits per heavy atom. The first-order valence-corrected chi connectivity index (χ1v) is 8.92. The number of H-pyrrole nitrogens is 1. The maximum atomic E-state index is 12.5. The molecule has 2 rings (SSSR count). The zero-order valence-electron chi connectivity index (χ0n) is 14.4. The lowest BCUT2D eigenvalue weighted by molar-refractivity contribution is -0.115. The largest absolute Gasteiger partial charge is 0.462 e. The topological polar surface area (TPSA) is 127 Å². The van der Waals surface area contributed by atoms with Gasteiger partial charge in [-0.1, -0.05) is 18.7 Å². The third-order valence-electron chi connectivity index (χ3n) is 3.32. The number of esters is 1. The van der Waals surface area contributed by atoms with E-state index in [2.05, 4.69) is 15.3 Å². The molecule has 8 nitrogen and oxygen atoms in total. The minimum absolute atomic E-state index is 0.0982. The second kappa shape index (κ2) is 9.04. The van der Waals surface area contributed by atoms with E-state index in [1.807, 2.05) is 6.92 Å². The first-order chi connectivity index (χ1) is 12.4. The number of amides is 1. The van der Waals surface area contributed by atoms with Gasteiger partial charge < -0.3 is 20.8 Å². The SMILES string of the molecule is CCOC(=O)c1ccc(NC(=O)C(CC)Sc2nc(N)cc(=O)[nH]2)cc1. The molecule has 1 aromatic heterocycles. The van der Waals surface area contributed by atoms with Crippen LogP contribution in [0.5, 0.6) is 0 Å². The molecular formula is C17H20N4O4S. The van der Waals surface area contributed by atoms with Crippen LogP contribution in [0.15, 0.2) is 40.3 Å². The van der Waals surface area contributed by atoms with Gasteiger partial charge in [0.15, 0.2) is 5.16 Å². The summed E-state index contributed by atoms with van der Waals surface area (Å²) in [6.45, 7) is 3.88. The number of nitrogens with two attached hydrogens (primary N) is 1. The van der Waals surface area contributed by atoms with Crippen LogP contribution in [-0.2, 0) is 9.53 Å². The van der Waals surface area contributed by atoms with E-state index in [-0.39, 0.29) is 22.4 Å². The molecule has 0 aliphatic rings. The molecule has 0 bridgehead atoms. The van der Waals surface area contributed by atoms with Crippen LogP contribution in [0, 0.1) is 0 Å². The van der Waals surface area contributed by atoms with Crippen LogP contribution in [0.2, 0.25) is 0 Å². The summed E-state index contributed by atoms with van der Waals surface area (Å²) in [6.07, 6.45) is 0.524. The molecule has 0 spiro atoms. The fourth-order valence-corrected chi connectivity index (χ4v) is 3.01. The third kappa shape index (κ3) is 5.35. The lowest BCUT2D eigenvalue weighted by Gasteiger charge is -2.14. The number of rotatable bonds is 7. The summed E-state index contributed by atoms with van der Waals surface area (Å²) < 4.78 is 4.91. The summed E-state index contributed by atoms with van der Waals surface area (Å²) >= 11 is 1.13. The molecule has 1 unspecified atom stereocenters. The van der Waals surface area contributed by atoms with Gasteiger partial charge in [-0.25, -0.2) is 9.78 Å². The van der Waals surface area contributed by atoms with Gasteiger partial charge in [0.05, 0.1) is 17.4 Å². The Morgan fingerprint density at radius 1 is 1.31 bits per heavy atom. The zero-order chi connectivity index (χ0) is 19.1. The lowest BCUT2D eigenvalue weighted by atomic mass is 10.2. The number of carbonyl (C=O) groups excluding carboxylic acids is 2. The van der Waals surface area contributed by atoms with Crippen molar-refractivity contribution in [2.75, 3.05) is 17.7 Å². The molecular weight excluding hydrogens is 356 g/mol. The molecule has 2 aromatic rings. The summed E-state index contributed by atoms with van der Waals surface area (Å²) in [4.78, 5) is 42.1. The number of aromatic nitrogens is 2. The number of benzene rings is 1. The van der Waals surface area contributed by atoms with Gasteiger partial charge in [0.2, 0.25) is 5.91 Å². The smallest absolute Gasteiger partial charge is 0.338 e. The van der Waals surface area contributed by atoms with Crippen molar-refractivity contribution in [2.24, 2.45) is 0 Å². The van der Waals surface area contributed by atoms with Crippen LogP contribution >= 0.6 is 11.8 Å². The summed E-state index contributed by atoms with van der Waals surface area (Å²) in [7, 11) is 0. The molecule has 1 aromatic carbocycles. The molecule has 1 atom stereocenters. The van der Waals surface area contributed by atoms with E-state index in [1.165, 1.54) is 6.07 Å². The van der Waals surface area contributed by atoms with E-state index in [0.717, 1.165) is 11.8 Å². The van der Waals surface area contributed by atoms with E-state index in [9.17, 15) is 14.4 Å². The van der Waals surface area contributed by atoms with Crippen LogP contribution in [0.3, 0.4) is 0 Å². The Balaban J connectivity index is 2.04. The number of aromatic amines is 1. The zero-order valence-corrected chi connectivity index (χ0v) is 15.3. The molecule has 1 heterocycles. The highest BCUT2D eigenvalue weighted by molar-refractivity contribution is 8.00. The van der Waals surface area contributed by atoms with Gasteiger partial charge in [0.1, 0.15) is 5.82 Å². The Hall–Kier alpha value is -2.81. The molecule has 0 saturated carbocycles. The monoisotopic (exact) mass is 376 g/mol. The molecule has 0 fully saturated rings. The second-order valence-corrected chi connectivity index (χ2v) is 6.47. The average molecular weight is 376 g/mol. The molecule has 138 valence electrons. The van der Waals surface area contributed by atoms with Gasteiger partial charge in [0, 0.05) is 11.8 Å². The molecule has 1 amide bonds. The van der Waals surface area contributed by atoms with E-state index >= 15 is 0 Å². The standard InChI is InChI=1S/C17H20N4O4S/c1-3-12(26-17-20-13(18)9-14(22)21-17)15(23)19-11-7-5-10(6-8-11)16(24)25-4-2/h5-9,12H,3-4H2,1-2H3,(H,19,23)(H3,18,20,21,22). The van der Waals surface area contributed by atoms with Gasteiger partial charge in [0.25, 0.3) is 5.56 Å². The van der Waals surface area contributed by atoms with Crippen LogP contribution in [0.1, 0.15) is 30.6 Å². The van der Waals surface area contributed by atoms with Crippen LogP contribution in [-0.4, -0.2) is 33.7 Å². The van der Waals surface area contributed by atoms with Crippen molar-refractivity contribution < 1.29 is 14.3 Å². The minimum atomic E-state index is -0.468. The summed E-state index contributed by atoms with van der Waals surface area (Å²) in [6, 6.07) is 7.60. The molecule has 4 N–H and O–H groups in total. The van der Waals surface area contributed by atoms with Crippen molar-refractivity contribution in [3.63, 3.8) is 0 Å². The van der Waals surface area contributed by atoms with Gasteiger partial charge in [-0.3, -0.25) is 9.59 Å². The molecule has 0 aliphatic heterocycles. The molecule has 26 heavy (non-hydrogen) atoms. The van der Waals surface area contributed by atoms with Crippen LogP contribution in [0.4, 0.5) is 11.5 Å². The van der Waals surface area contributed by atoms with Gasteiger partial charge in [-0.05, 0) is 37.6 Å². The average Bonchev–Trinajstić information content (AvgIpc) is 2.59. The Morgan fingerprint density at radius 3 is 2.58 bits per heavy atom. The van der Waals surface area contributed by atoms with E-state index in [4.69, 9.17) is 10.5 Å². The molecule has 0 aliphatic carbocycles. The quantitative estimate of drug-likeness (QED) is 0.383. The highest BCUT2D eigenvalue weighted by atomic mass is 32.2. The Kier molecular flexibility index (Phi) is 6.79.